The number of hydrogen-bond donors (Lipinski definition) is 3. The molecule has 0 saturated carbocycles. The summed E-state index contributed by atoms with van der Waals surface area (Å²) >= 11 is 0. The lowest BCUT2D eigenvalue weighted by molar-refractivity contribution is -0.135. The third kappa shape index (κ3) is 3.21. The van der Waals surface area contributed by atoms with E-state index >= 15 is 0 Å². The molecular formula is C11H8FNO4. The Balaban J connectivity index is 3.15. The summed E-state index contributed by atoms with van der Waals surface area (Å²) < 4.78 is 13.3. The van der Waals surface area contributed by atoms with Crippen LogP contribution in [0.2, 0.25) is 0 Å². The number of hydrogen-bond acceptors (Lipinski definition) is 3. The Morgan fingerprint density at radius 1 is 1.35 bits per heavy atom. The lowest BCUT2D eigenvalue weighted by atomic mass is 10.1. The minimum atomic E-state index is -1.30. The predicted octanol–water partition coefficient (Wildman–Crippen LogP) is 0.932. The fourth-order valence-electron chi connectivity index (χ4n) is 1.08. The Bertz CT molecular complexity index is 542. The van der Waals surface area contributed by atoms with Crippen LogP contribution in [0.15, 0.2) is 12.1 Å². The molecule has 1 rings (SSSR count). The fraction of sp³-hybridized carbons (Fsp3) is 0.0909. The van der Waals surface area contributed by atoms with E-state index in [2.05, 4.69) is 11.8 Å². The maximum Gasteiger partial charge on any atom is 0.337 e. The number of nitrogen functional groups attached to an aromatic ring is 1. The van der Waals surface area contributed by atoms with Gasteiger partial charge in [-0.05, 0) is 12.1 Å². The second-order valence-electron chi connectivity index (χ2n) is 3.10. The molecule has 1 aromatic carbocycles. The molecule has 0 unspecified atom stereocenters. The van der Waals surface area contributed by atoms with Crippen LogP contribution in [0.5, 0.6) is 0 Å². The first-order valence-corrected chi connectivity index (χ1v) is 4.44. The zero-order chi connectivity index (χ0) is 13.0. The van der Waals surface area contributed by atoms with Gasteiger partial charge in [0.15, 0.2) is 0 Å². The molecule has 0 aliphatic carbocycles. The smallest absolute Gasteiger partial charge is 0.337 e. The topological polar surface area (TPSA) is 101 Å². The second kappa shape index (κ2) is 4.99. The zero-order valence-corrected chi connectivity index (χ0v) is 8.53. The Labute approximate surface area is 95.7 Å². The molecular weight excluding hydrogens is 229 g/mol. The molecule has 6 heteroatoms. The third-order valence-electron chi connectivity index (χ3n) is 1.83. The number of halogens is 1. The van der Waals surface area contributed by atoms with Gasteiger partial charge in [-0.3, -0.25) is 4.79 Å². The number of carbonyl (C=O) groups is 2. The Morgan fingerprint density at radius 3 is 2.53 bits per heavy atom. The van der Waals surface area contributed by atoms with Gasteiger partial charge in [-0.1, -0.05) is 11.8 Å². The van der Waals surface area contributed by atoms with E-state index in [9.17, 15) is 14.0 Å². The van der Waals surface area contributed by atoms with Crippen LogP contribution in [0.3, 0.4) is 0 Å². The summed E-state index contributed by atoms with van der Waals surface area (Å²) in [6, 6.07) is 1.82. The first-order chi connectivity index (χ1) is 7.91. The number of aromatic carboxylic acids is 1. The maximum atomic E-state index is 13.3. The summed E-state index contributed by atoms with van der Waals surface area (Å²) in [5, 5.41) is 17.1. The van der Waals surface area contributed by atoms with Crippen molar-refractivity contribution >= 4 is 17.6 Å². The quantitative estimate of drug-likeness (QED) is 0.524. The minimum Gasteiger partial charge on any atom is -0.481 e. The highest BCUT2D eigenvalue weighted by Gasteiger charge is 2.11. The number of rotatable bonds is 2. The fourth-order valence-corrected chi connectivity index (χ4v) is 1.08. The molecule has 0 heterocycles. The third-order valence-corrected chi connectivity index (χ3v) is 1.83. The van der Waals surface area contributed by atoms with Crippen molar-refractivity contribution in [1.29, 1.82) is 0 Å². The molecule has 17 heavy (non-hydrogen) atoms. The lowest BCUT2D eigenvalue weighted by Gasteiger charge is -2.02. The number of carboxylic acids is 2. The van der Waals surface area contributed by atoms with Crippen LogP contribution in [0, 0.1) is 17.7 Å². The average Bonchev–Trinajstić information content (AvgIpc) is 2.20. The predicted molar refractivity (Wildman–Crippen MR) is 56.9 cm³/mol. The van der Waals surface area contributed by atoms with Gasteiger partial charge in [0.2, 0.25) is 0 Å². The van der Waals surface area contributed by atoms with Crippen molar-refractivity contribution in [2.24, 2.45) is 0 Å². The lowest BCUT2D eigenvalue weighted by Crippen LogP contribution is -2.04. The van der Waals surface area contributed by atoms with Gasteiger partial charge >= 0.3 is 11.9 Å². The molecule has 4 N–H and O–H groups in total. The van der Waals surface area contributed by atoms with Gasteiger partial charge in [-0.2, -0.15) is 0 Å². The summed E-state index contributed by atoms with van der Waals surface area (Å²) in [5.41, 5.74) is 4.63. The van der Waals surface area contributed by atoms with Gasteiger partial charge in [0.1, 0.15) is 12.2 Å². The van der Waals surface area contributed by atoms with Gasteiger partial charge in [0, 0.05) is 5.69 Å². The van der Waals surface area contributed by atoms with Crippen LogP contribution < -0.4 is 5.73 Å². The Morgan fingerprint density at radius 2 is 2.00 bits per heavy atom. The van der Waals surface area contributed by atoms with Crippen LogP contribution in [-0.2, 0) is 4.79 Å². The number of anilines is 1. The molecule has 5 nitrogen and oxygen atoms in total. The van der Waals surface area contributed by atoms with Crippen molar-refractivity contribution < 1.29 is 24.2 Å². The van der Waals surface area contributed by atoms with Gasteiger partial charge in [0.25, 0.3) is 0 Å². The molecule has 0 aliphatic heterocycles. The normalized spacial score (nSPS) is 9.24. The van der Waals surface area contributed by atoms with E-state index in [1.165, 1.54) is 0 Å². The number of benzene rings is 1. The first-order valence-electron chi connectivity index (χ1n) is 4.44. The first kappa shape index (κ1) is 12.5. The standard InChI is InChI=1S/C11H8FNO4/c12-8-5-9(13)7(11(16)17)4-6(8)2-1-3-10(14)15/h4-5H,3,13H2,(H,14,15)(H,16,17). The van der Waals surface area contributed by atoms with Crippen molar-refractivity contribution in [2.75, 3.05) is 5.73 Å². The summed E-state index contributed by atoms with van der Waals surface area (Å²) in [6.45, 7) is 0. The van der Waals surface area contributed by atoms with E-state index in [1.807, 2.05) is 0 Å². The highest BCUT2D eigenvalue weighted by molar-refractivity contribution is 5.94. The van der Waals surface area contributed by atoms with Crippen molar-refractivity contribution in [1.82, 2.24) is 0 Å². The van der Waals surface area contributed by atoms with Crippen molar-refractivity contribution in [3.05, 3.63) is 29.1 Å². The zero-order valence-electron chi connectivity index (χ0n) is 8.53. The molecule has 0 atom stereocenters. The molecule has 0 bridgehead atoms. The van der Waals surface area contributed by atoms with Gasteiger partial charge in [-0.15, -0.1) is 0 Å². The van der Waals surface area contributed by atoms with E-state index in [-0.39, 0.29) is 16.8 Å². The molecule has 0 radical (unpaired) electrons. The number of nitrogens with two attached hydrogens (primary N) is 1. The summed E-state index contributed by atoms with van der Waals surface area (Å²) in [6.07, 6.45) is -0.452. The van der Waals surface area contributed by atoms with Crippen molar-refractivity contribution in [3.8, 4) is 11.8 Å². The van der Waals surface area contributed by atoms with Crippen LogP contribution >= 0.6 is 0 Å². The van der Waals surface area contributed by atoms with Crippen LogP contribution in [0.25, 0.3) is 0 Å². The minimum absolute atomic E-state index is 0.196. The highest BCUT2D eigenvalue weighted by Crippen LogP contribution is 2.17. The van der Waals surface area contributed by atoms with Crippen molar-refractivity contribution in [3.63, 3.8) is 0 Å². The van der Waals surface area contributed by atoms with E-state index in [4.69, 9.17) is 15.9 Å². The van der Waals surface area contributed by atoms with E-state index in [0.717, 1.165) is 12.1 Å². The van der Waals surface area contributed by atoms with Gasteiger partial charge in [0.05, 0.1) is 11.1 Å². The van der Waals surface area contributed by atoms with Crippen LogP contribution in [-0.4, -0.2) is 22.2 Å². The molecule has 88 valence electrons. The number of carboxylic acid groups (broad SMARTS) is 2. The average molecular weight is 237 g/mol. The molecule has 0 spiro atoms. The highest BCUT2D eigenvalue weighted by atomic mass is 19.1. The second-order valence-corrected chi connectivity index (χ2v) is 3.10. The van der Waals surface area contributed by atoms with Crippen LogP contribution in [0.4, 0.5) is 10.1 Å². The summed E-state index contributed by atoms with van der Waals surface area (Å²) in [4.78, 5) is 20.9. The van der Waals surface area contributed by atoms with Gasteiger partial charge in [-0.25, -0.2) is 9.18 Å². The Kier molecular flexibility index (Phi) is 3.67. The van der Waals surface area contributed by atoms with E-state index < -0.39 is 24.2 Å². The largest absolute Gasteiger partial charge is 0.481 e. The SMILES string of the molecule is Nc1cc(F)c(C#CCC(=O)O)cc1C(=O)O. The van der Waals surface area contributed by atoms with E-state index in [0.29, 0.717) is 0 Å². The summed E-state index contributed by atoms with van der Waals surface area (Å²) in [7, 11) is 0. The maximum absolute atomic E-state index is 13.3. The van der Waals surface area contributed by atoms with Crippen molar-refractivity contribution in [2.45, 2.75) is 6.42 Å². The molecule has 1 aromatic rings. The Hall–Kier alpha value is -2.55. The molecule has 0 aliphatic rings. The van der Waals surface area contributed by atoms with Gasteiger partial charge < -0.3 is 15.9 Å². The summed E-state index contributed by atoms with van der Waals surface area (Å²) in [5.74, 6) is 1.21. The van der Waals surface area contributed by atoms with Crippen LogP contribution in [0.1, 0.15) is 22.3 Å². The molecule has 0 fully saturated rings. The monoisotopic (exact) mass is 237 g/mol. The molecule has 0 saturated heterocycles. The molecule has 0 amide bonds. The molecule has 0 aromatic heterocycles. The van der Waals surface area contributed by atoms with E-state index in [1.54, 1.807) is 0 Å². The number of aliphatic carboxylic acids is 1.